The van der Waals surface area contributed by atoms with Gasteiger partial charge in [-0.15, -0.1) is 0 Å². The first-order chi connectivity index (χ1) is 13.5. The lowest BCUT2D eigenvalue weighted by Gasteiger charge is -2.31. The third-order valence-corrected chi connectivity index (χ3v) is 5.54. The van der Waals surface area contributed by atoms with Crippen LogP contribution in [0.3, 0.4) is 0 Å². The van der Waals surface area contributed by atoms with E-state index in [4.69, 9.17) is 21.7 Å². The largest absolute Gasteiger partial charge is 0.490 e. The summed E-state index contributed by atoms with van der Waals surface area (Å²) in [6.45, 7) is 11.6. The summed E-state index contributed by atoms with van der Waals surface area (Å²) in [5, 5.41) is 9.43. The molecular weight excluding hydrogens is 370 g/mol. The van der Waals surface area contributed by atoms with Crippen LogP contribution in [0.5, 0.6) is 11.5 Å². The molecule has 1 aromatic heterocycles. The average molecular weight is 398 g/mol. The van der Waals surface area contributed by atoms with Crippen LogP contribution in [0.15, 0.2) is 18.2 Å². The lowest BCUT2D eigenvalue weighted by Crippen LogP contribution is -2.33. The minimum atomic E-state index is 0.595. The molecule has 1 aliphatic heterocycles. The maximum absolute atomic E-state index is 9.43. The maximum Gasteiger partial charge on any atom is 0.161 e. The van der Waals surface area contributed by atoms with Crippen LogP contribution in [0.1, 0.15) is 41.8 Å². The Balaban J connectivity index is 1.87. The zero-order chi connectivity index (χ0) is 20.3. The SMILES string of the molecule is CCOc1cc2c(cc1OCC)CN(Cn1c(C)cc(C)c(C#N)c1=S)CC2. The van der Waals surface area contributed by atoms with E-state index in [0.29, 0.717) is 30.1 Å². The van der Waals surface area contributed by atoms with Gasteiger partial charge in [0.25, 0.3) is 0 Å². The minimum absolute atomic E-state index is 0.595. The van der Waals surface area contributed by atoms with Crippen LogP contribution in [0.2, 0.25) is 0 Å². The third kappa shape index (κ3) is 4.06. The summed E-state index contributed by atoms with van der Waals surface area (Å²) in [5.41, 5.74) is 5.18. The van der Waals surface area contributed by atoms with Gasteiger partial charge in [0, 0.05) is 18.8 Å². The summed E-state index contributed by atoms with van der Waals surface area (Å²) in [5.74, 6) is 1.63. The fourth-order valence-electron chi connectivity index (χ4n) is 3.72. The molecule has 0 spiro atoms. The van der Waals surface area contributed by atoms with Gasteiger partial charge in [0.1, 0.15) is 10.7 Å². The van der Waals surface area contributed by atoms with Crippen LogP contribution >= 0.6 is 12.2 Å². The van der Waals surface area contributed by atoms with Crippen LogP contribution in [-0.2, 0) is 19.6 Å². The summed E-state index contributed by atoms with van der Waals surface area (Å²) < 4.78 is 14.2. The molecule has 1 aliphatic rings. The number of ether oxygens (including phenoxy) is 2. The molecule has 0 N–H and O–H groups in total. The molecule has 2 aromatic rings. The van der Waals surface area contributed by atoms with E-state index in [1.807, 2.05) is 33.8 Å². The second kappa shape index (κ2) is 8.76. The highest BCUT2D eigenvalue weighted by Gasteiger charge is 2.21. The normalized spacial score (nSPS) is 13.7. The summed E-state index contributed by atoms with van der Waals surface area (Å²) in [6.07, 6.45) is 0.950. The van der Waals surface area contributed by atoms with E-state index in [-0.39, 0.29) is 0 Å². The van der Waals surface area contributed by atoms with Gasteiger partial charge in [0.05, 0.1) is 25.4 Å². The number of aryl methyl sites for hydroxylation is 2. The van der Waals surface area contributed by atoms with E-state index >= 15 is 0 Å². The number of aromatic nitrogens is 1. The molecule has 28 heavy (non-hydrogen) atoms. The number of nitriles is 1. The van der Waals surface area contributed by atoms with Crippen molar-refractivity contribution in [3.63, 3.8) is 0 Å². The molecule has 0 aliphatic carbocycles. The van der Waals surface area contributed by atoms with Crippen molar-refractivity contribution in [3.05, 3.63) is 50.8 Å². The lowest BCUT2D eigenvalue weighted by atomic mass is 9.99. The molecule has 0 saturated carbocycles. The van der Waals surface area contributed by atoms with Crippen LogP contribution in [0, 0.1) is 29.8 Å². The first-order valence-electron chi connectivity index (χ1n) is 9.73. The Bertz CT molecular complexity index is 975. The highest BCUT2D eigenvalue weighted by molar-refractivity contribution is 7.71. The Morgan fingerprint density at radius 1 is 1.07 bits per heavy atom. The highest BCUT2D eigenvalue weighted by Crippen LogP contribution is 2.34. The van der Waals surface area contributed by atoms with Gasteiger partial charge < -0.3 is 14.0 Å². The Labute approximate surface area is 172 Å². The fourth-order valence-corrected chi connectivity index (χ4v) is 4.13. The number of hydrogen-bond donors (Lipinski definition) is 0. The van der Waals surface area contributed by atoms with Gasteiger partial charge in [-0.05, 0) is 69.0 Å². The molecule has 0 fully saturated rings. The van der Waals surface area contributed by atoms with E-state index in [1.165, 1.54) is 11.1 Å². The Hall–Kier alpha value is -2.36. The Morgan fingerprint density at radius 2 is 1.71 bits per heavy atom. The topological polar surface area (TPSA) is 50.4 Å². The number of hydrogen-bond acceptors (Lipinski definition) is 5. The third-order valence-electron chi connectivity index (χ3n) is 5.11. The zero-order valence-corrected chi connectivity index (χ0v) is 17.9. The first-order valence-corrected chi connectivity index (χ1v) is 10.1. The highest BCUT2D eigenvalue weighted by atomic mass is 32.1. The number of benzene rings is 1. The molecule has 0 atom stereocenters. The molecule has 0 unspecified atom stereocenters. The smallest absolute Gasteiger partial charge is 0.161 e. The summed E-state index contributed by atoms with van der Waals surface area (Å²) in [7, 11) is 0. The monoisotopic (exact) mass is 397 g/mol. The van der Waals surface area contributed by atoms with E-state index < -0.39 is 0 Å². The summed E-state index contributed by atoms with van der Waals surface area (Å²) in [6, 6.07) is 8.52. The molecule has 6 heteroatoms. The van der Waals surface area contributed by atoms with Gasteiger partial charge in [0.2, 0.25) is 0 Å². The molecule has 5 nitrogen and oxygen atoms in total. The molecule has 0 amide bonds. The summed E-state index contributed by atoms with van der Waals surface area (Å²) >= 11 is 5.59. The predicted molar refractivity (Wildman–Crippen MR) is 112 cm³/mol. The van der Waals surface area contributed by atoms with Gasteiger partial charge >= 0.3 is 0 Å². The van der Waals surface area contributed by atoms with Crippen molar-refractivity contribution in [1.82, 2.24) is 9.47 Å². The number of nitrogens with zero attached hydrogens (tertiary/aromatic N) is 3. The molecule has 0 radical (unpaired) electrons. The van der Waals surface area contributed by atoms with E-state index in [1.54, 1.807) is 0 Å². The lowest BCUT2D eigenvalue weighted by molar-refractivity contribution is 0.195. The zero-order valence-electron chi connectivity index (χ0n) is 17.0. The molecule has 148 valence electrons. The van der Waals surface area contributed by atoms with Crippen LogP contribution < -0.4 is 9.47 Å². The molecule has 0 saturated heterocycles. The van der Waals surface area contributed by atoms with Gasteiger partial charge in [-0.1, -0.05) is 12.2 Å². The molecule has 3 rings (SSSR count). The number of rotatable bonds is 6. The average Bonchev–Trinajstić information content (AvgIpc) is 2.66. The van der Waals surface area contributed by atoms with Crippen molar-refractivity contribution in [2.75, 3.05) is 19.8 Å². The van der Waals surface area contributed by atoms with Gasteiger partial charge in [-0.25, -0.2) is 0 Å². The Kier molecular flexibility index (Phi) is 6.38. The van der Waals surface area contributed by atoms with Crippen molar-refractivity contribution >= 4 is 12.2 Å². The molecular formula is C22H27N3O2S. The van der Waals surface area contributed by atoms with E-state index in [0.717, 1.165) is 42.3 Å². The minimum Gasteiger partial charge on any atom is -0.490 e. The van der Waals surface area contributed by atoms with Crippen molar-refractivity contribution in [3.8, 4) is 17.6 Å². The van der Waals surface area contributed by atoms with Crippen LogP contribution in [0.25, 0.3) is 0 Å². The van der Waals surface area contributed by atoms with E-state index in [9.17, 15) is 5.26 Å². The quantitative estimate of drug-likeness (QED) is 0.671. The van der Waals surface area contributed by atoms with Gasteiger partial charge in [-0.3, -0.25) is 4.90 Å². The molecule has 0 bridgehead atoms. The summed E-state index contributed by atoms with van der Waals surface area (Å²) in [4.78, 5) is 2.36. The second-order valence-electron chi connectivity index (χ2n) is 7.07. The second-order valence-corrected chi connectivity index (χ2v) is 7.45. The van der Waals surface area contributed by atoms with Crippen LogP contribution in [-0.4, -0.2) is 29.2 Å². The standard InChI is InChI=1S/C22H27N3O2S/c1-5-26-20-10-17-7-8-24(13-18(17)11-21(20)27-6-2)14-25-16(4)9-15(3)19(12-23)22(25)28/h9-11H,5-8,13-14H2,1-4H3. The number of pyridine rings is 1. The van der Waals surface area contributed by atoms with E-state index in [2.05, 4.69) is 27.7 Å². The van der Waals surface area contributed by atoms with Crippen molar-refractivity contribution < 1.29 is 9.47 Å². The number of fused-ring (bicyclic) bond motifs is 1. The van der Waals surface area contributed by atoms with Crippen molar-refractivity contribution in [2.45, 2.75) is 47.3 Å². The Morgan fingerprint density at radius 3 is 2.32 bits per heavy atom. The van der Waals surface area contributed by atoms with Crippen molar-refractivity contribution in [2.24, 2.45) is 0 Å². The molecule has 2 heterocycles. The van der Waals surface area contributed by atoms with Gasteiger partial charge in [0.15, 0.2) is 11.5 Å². The predicted octanol–water partition coefficient (Wildman–Crippen LogP) is 4.52. The maximum atomic E-state index is 9.43. The fraction of sp³-hybridized carbons (Fsp3) is 0.455. The molecule has 1 aromatic carbocycles. The van der Waals surface area contributed by atoms with Crippen LogP contribution in [0.4, 0.5) is 0 Å². The van der Waals surface area contributed by atoms with Gasteiger partial charge in [-0.2, -0.15) is 5.26 Å². The van der Waals surface area contributed by atoms with Crippen molar-refractivity contribution in [1.29, 1.82) is 5.26 Å². The first kappa shape index (κ1) is 20.4.